The van der Waals surface area contributed by atoms with Gasteiger partial charge >= 0.3 is 0 Å². The van der Waals surface area contributed by atoms with E-state index >= 15 is 0 Å². The lowest BCUT2D eigenvalue weighted by molar-refractivity contribution is 0.103. The number of halogens is 2. The van der Waals surface area contributed by atoms with Gasteiger partial charge in [0.15, 0.2) is 5.78 Å². The normalized spacial score (nSPS) is 13.6. The Morgan fingerprint density at radius 3 is 1.36 bits per heavy atom. The van der Waals surface area contributed by atoms with E-state index < -0.39 is 0 Å². The number of carbonyl (C=O) groups excluding carboxylic acids is 1. The summed E-state index contributed by atoms with van der Waals surface area (Å²) in [5, 5.41) is 0. The van der Waals surface area contributed by atoms with Crippen molar-refractivity contribution in [3.8, 4) is 0 Å². The molecule has 0 aromatic heterocycles. The number of alkyl halides is 2. The van der Waals surface area contributed by atoms with Gasteiger partial charge in [0, 0.05) is 22.9 Å². The molecule has 0 saturated carbocycles. The first-order chi connectivity index (χ1) is 10.6. The number of hydrogen-bond acceptors (Lipinski definition) is 1. The Morgan fingerprint density at radius 1 is 0.773 bits per heavy atom. The van der Waals surface area contributed by atoms with Crippen LogP contribution in [-0.4, -0.2) is 17.5 Å². The van der Waals surface area contributed by atoms with Crippen molar-refractivity contribution in [2.75, 3.05) is 11.8 Å². The van der Waals surface area contributed by atoms with Crippen LogP contribution in [0.1, 0.15) is 52.7 Å². The lowest BCUT2D eigenvalue weighted by Gasteiger charge is -2.10. The van der Waals surface area contributed by atoms with Crippen molar-refractivity contribution in [2.24, 2.45) is 0 Å². The molecule has 0 aliphatic rings. The zero-order chi connectivity index (χ0) is 16.1. The van der Waals surface area contributed by atoms with Gasteiger partial charge in [0.25, 0.3) is 0 Å². The standard InChI is InChI=1S/C19H20Cl2O/c1-13(11-20)15-3-7-17(8-4-15)19(22)18-9-5-16(6-10-18)14(2)12-21/h3-10,13-14H,11-12H2,1-2H3. The van der Waals surface area contributed by atoms with Crippen LogP contribution in [0.5, 0.6) is 0 Å². The third-order valence-electron chi connectivity index (χ3n) is 3.95. The van der Waals surface area contributed by atoms with Gasteiger partial charge in [0.05, 0.1) is 0 Å². The van der Waals surface area contributed by atoms with Crippen molar-refractivity contribution in [1.29, 1.82) is 0 Å². The van der Waals surface area contributed by atoms with Crippen LogP contribution in [0.4, 0.5) is 0 Å². The Morgan fingerprint density at radius 2 is 1.09 bits per heavy atom. The summed E-state index contributed by atoms with van der Waals surface area (Å²) in [4.78, 5) is 12.5. The fourth-order valence-corrected chi connectivity index (χ4v) is 2.63. The van der Waals surface area contributed by atoms with E-state index in [0.717, 1.165) is 11.1 Å². The second-order valence-corrected chi connectivity index (χ2v) is 6.30. The smallest absolute Gasteiger partial charge is 0.193 e. The quantitative estimate of drug-likeness (QED) is 0.496. The lowest BCUT2D eigenvalue weighted by Crippen LogP contribution is -2.03. The highest BCUT2D eigenvalue weighted by molar-refractivity contribution is 6.18. The molecule has 2 rings (SSSR count). The summed E-state index contributed by atoms with van der Waals surface area (Å²) in [6, 6.07) is 15.4. The van der Waals surface area contributed by atoms with Gasteiger partial charge in [-0.15, -0.1) is 23.2 Å². The molecule has 2 unspecified atom stereocenters. The molecule has 0 radical (unpaired) electrons. The van der Waals surface area contributed by atoms with E-state index in [9.17, 15) is 4.79 Å². The lowest BCUT2D eigenvalue weighted by atomic mass is 9.96. The molecule has 0 fully saturated rings. The molecule has 1 nitrogen and oxygen atoms in total. The van der Waals surface area contributed by atoms with Gasteiger partial charge in [-0.3, -0.25) is 4.79 Å². The Hall–Kier alpha value is -1.31. The number of benzene rings is 2. The van der Waals surface area contributed by atoms with Crippen molar-refractivity contribution in [3.63, 3.8) is 0 Å². The zero-order valence-electron chi connectivity index (χ0n) is 12.9. The van der Waals surface area contributed by atoms with Crippen molar-refractivity contribution in [2.45, 2.75) is 25.7 Å². The van der Waals surface area contributed by atoms with Crippen molar-refractivity contribution in [1.82, 2.24) is 0 Å². The van der Waals surface area contributed by atoms with E-state index in [2.05, 4.69) is 13.8 Å². The van der Waals surface area contributed by atoms with Gasteiger partial charge in [-0.2, -0.15) is 0 Å². The number of ketones is 1. The zero-order valence-corrected chi connectivity index (χ0v) is 14.4. The minimum absolute atomic E-state index is 0.0372. The maximum absolute atomic E-state index is 12.5. The van der Waals surface area contributed by atoms with E-state index in [0.29, 0.717) is 34.7 Å². The molecule has 0 N–H and O–H groups in total. The summed E-state index contributed by atoms with van der Waals surface area (Å²) < 4.78 is 0. The van der Waals surface area contributed by atoms with Crippen LogP contribution in [-0.2, 0) is 0 Å². The molecule has 22 heavy (non-hydrogen) atoms. The summed E-state index contributed by atoms with van der Waals surface area (Å²) in [5.41, 5.74) is 3.70. The average Bonchev–Trinajstić information content (AvgIpc) is 2.60. The summed E-state index contributed by atoms with van der Waals surface area (Å²) in [7, 11) is 0. The maximum Gasteiger partial charge on any atom is 0.193 e. The molecule has 0 aliphatic carbocycles. The summed E-state index contributed by atoms with van der Waals surface area (Å²) in [6.45, 7) is 4.14. The molecule has 0 saturated heterocycles. The highest BCUT2D eigenvalue weighted by Crippen LogP contribution is 2.20. The first-order valence-corrected chi connectivity index (χ1v) is 8.50. The van der Waals surface area contributed by atoms with E-state index in [-0.39, 0.29) is 5.78 Å². The minimum Gasteiger partial charge on any atom is -0.289 e. The van der Waals surface area contributed by atoms with E-state index in [4.69, 9.17) is 23.2 Å². The van der Waals surface area contributed by atoms with Gasteiger partial charge in [-0.25, -0.2) is 0 Å². The van der Waals surface area contributed by atoms with Crippen LogP contribution < -0.4 is 0 Å². The van der Waals surface area contributed by atoms with E-state index in [1.165, 1.54) is 0 Å². The largest absolute Gasteiger partial charge is 0.289 e. The third kappa shape index (κ3) is 3.91. The average molecular weight is 335 g/mol. The first kappa shape index (κ1) is 17.1. The molecule has 116 valence electrons. The molecule has 0 spiro atoms. The predicted molar refractivity (Wildman–Crippen MR) is 94.6 cm³/mol. The van der Waals surface area contributed by atoms with Gasteiger partial charge in [-0.05, 0) is 23.0 Å². The monoisotopic (exact) mass is 334 g/mol. The van der Waals surface area contributed by atoms with Crippen molar-refractivity contribution in [3.05, 3.63) is 70.8 Å². The molecule has 0 heterocycles. The molecule has 3 heteroatoms. The van der Waals surface area contributed by atoms with Gasteiger partial charge in [-0.1, -0.05) is 62.4 Å². The highest BCUT2D eigenvalue weighted by Gasteiger charge is 2.11. The Labute approximate surface area is 142 Å². The third-order valence-corrected chi connectivity index (χ3v) is 4.87. The Kier molecular flexibility index (Phi) is 6.05. The van der Waals surface area contributed by atoms with Crippen LogP contribution in [0.15, 0.2) is 48.5 Å². The van der Waals surface area contributed by atoms with Gasteiger partial charge < -0.3 is 0 Å². The molecule has 2 aromatic rings. The SMILES string of the molecule is CC(CCl)c1ccc(C(=O)c2ccc(C(C)CCl)cc2)cc1. The summed E-state index contributed by atoms with van der Waals surface area (Å²) >= 11 is 11.7. The second-order valence-electron chi connectivity index (χ2n) is 5.68. The summed E-state index contributed by atoms with van der Waals surface area (Å²) in [5.74, 6) is 1.78. The topological polar surface area (TPSA) is 17.1 Å². The predicted octanol–water partition coefficient (Wildman–Crippen LogP) is 5.60. The van der Waals surface area contributed by atoms with E-state index in [1.807, 2.05) is 48.5 Å². The Balaban J connectivity index is 2.17. The number of hydrogen-bond donors (Lipinski definition) is 0. The maximum atomic E-state index is 12.5. The molecule has 2 aromatic carbocycles. The van der Waals surface area contributed by atoms with Crippen LogP contribution in [0.25, 0.3) is 0 Å². The first-order valence-electron chi connectivity index (χ1n) is 7.43. The minimum atomic E-state index is 0.0372. The van der Waals surface area contributed by atoms with Crippen LogP contribution in [0, 0.1) is 0 Å². The number of rotatable bonds is 6. The van der Waals surface area contributed by atoms with Crippen LogP contribution in [0.3, 0.4) is 0 Å². The molecule has 2 atom stereocenters. The van der Waals surface area contributed by atoms with Crippen molar-refractivity contribution < 1.29 is 4.79 Å². The highest BCUT2D eigenvalue weighted by atomic mass is 35.5. The van der Waals surface area contributed by atoms with Crippen LogP contribution in [0.2, 0.25) is 0 Å². The number of carbonyl (C=O) groups is 1. The van der Waals surface area contributed by atoms with Crippen LogP contribution >= 0.6 is 23.2 Å². The fraction of sp³-hybridized carbons (Fsp3) is 0.316. The Bertz CT molecular complexity index is 561. The van der Waals surface area contributed by atoms with E-state index in [1.54, 1.807) is 0 Å². The molecule has 0 aliphatic heterocycles. The molecular formula is C19H20Cl2O. The summed E-state index contributed by atoms with van der Waals surface area (Å²) in [6.07, 6.45) is 0. The molecule has 0 amide bonds. The second kappa shape index (κ2) is 7.80. The van der Waals surface area contributed by atoms with Gasteiger partial charge in [0.1, 0.15) is 0 Å². The van der Waals surface area contributed by atoms with Crippen molar-refractivity contribution >= 4 is 29.0 Å². The fourth-order valence-electron chi connectivity index (χ4n) is 2.27. The molecular weight excluding hydrogens is 315 g/mol. The molecule has 0 bridgehead atoms. The van der Waals surface area contributed by atoms with Gasteiger partial charge in [0.2, 0.25) is 0 Å².